The zero-order valence-electron chi connectivity index (χ0n) is 15.9. The van der Waals surface area contributed by atoms with E-state index in [1.54, 1.807) is 25.3 Å². The van der Waals surface area contributed by atoms with Crippen LogP contribution in [0, 0.1) is 0 Å². The van der Waals surface area contributed by atoms with Crippen molar-refractivity contribution < 1.29 is 24.6 Å². The highest BCUT2D eigenvalue weighted by Gasteiger charge is 2.52. The smallest absolute Gasteiger partial charge is 0.324 e. The lowest BCUT2D eigenvalue weighted by Crippen LogP contribution is -2.67. The molecule has 2 aromatic rings. The van der Waals surface area contributed by atoms with Crippen molar-refractivity contribution in [2.24, 2.45) is 0 Å². The molecule has 1 unspecified atom stereocenters. The molecule has 3 rings (SSSR count). The number of carbonyl (C=O) groups excluding carboxylic acids is 1. The molecule has 1 heterocycles. The number of carboxylic acid groups (broad SMARTS) is 2. The Labute approximate surface area is 168 Å². The Morgan fingerprint density at radius 3 is 2.21 bits per heavy atom. The summed E-state index contributed by atoms with van der Waals surface area (Å²) in [6, 6.07) is 16.0. The van der Waals surface area contributed by atoms with Crippen LogP contribution < -0.4 is 0 Å². The Hall–Kier alpha value is -3.45. The molecule has 29 heavy (non-hydrogen) atoms. The minimum Gasteiger partial charge on any atom is -0.480 e. The molecule has 1 fully saturated rings. The van der Waals surface area contributed by atoms with E-state index in [0.29, 0.717) is 0 Å². The number of carboxylic acids is 2. The Bertz CT molecular complexity index is 913. The van der Waals surface area contributed by atoms with Gasteiger partial charge in [0.25, 0.3) is 0 Å². The van der Waals surface area contributed by atoms with Gasteiger partial charge in [-0.3, -0.25) is 19.3 Å². The predicted molar refractivity (Wildman–Crippen MR) is 107 cm³/mol. The Morgan fingerprint density at radius 1 is 1.07 bits per heavy atom. The molecule has 1 aliphatic heterocycles. The van der Waals surface area contributed by atoms with Gasteiger partial charge in [0, 0.05) is 0 Å². The molecule has 1 amide bonds. The van der Waals surface area contributed by atoms with Crippen molar-refractivity contribution >= 4 is 23.9 Å². The Morgan fingerprint density at radius 2 is 1.66 bits per heavy atom. The van der Waals surface area contributed by atoms with Gasteiger partial charge in [-0.15, -0.1) is 0 Å². The maximum atomic E-state index is 12.7. The summed E-state index contributed by atoms with van der Waals surface area (Å²) < 4.78 is 0. The lowest BCUT2D eigenvalue weighted by atomic mass is 9.86. The number of hydrogen-bond donors (Lipinski definition) is 2. The maximum absolute atomic E-state index is 12.7. The Kier molecular flexibility index (Phi) is 6.09. The van der Waals surface area contributed by atoms with Gasteiger partial charge < -0.3 is 15.1 Å². The Balaban J connectivity index is 1.88. The van der Waals surface area contributed by atoms with Crippen LogP contribution in [0.3, 0.4) is 0 Å². The first-order valence-electron chi connectivity index (χ1n) is 9.15. The number of β-lactam (4-membered cyclic amide) rings is 1. The molecule has 0 aromatic heterocycles. The quantitative estimate of drug-likeness (QED) is 0.666. The highest BCUT2D eigenvalue weighted by atomic mass is 16.4. The van der Waals surface area contributed by atoms with E-state index in [1.807, 2.05) is 48.5 Å². The van der Waals surface area contributed by atoms with Gasteiger partial charge in [0.05, 0.1) is 6.04 Å². The van der Waals surface area contributed by atoms with Crippen LogP contribution in [0.4, 0.5) is 0 Å². The summed E-state index contributed by atoms with van der Waals surface area (Å²) in [4.78, 5) is 38.6. The van der Waals surface area contributed by atoms with Gasteiger partial charge >= 0.3 is 11.9 Å². The second kappa shape index (κ2) is 8.70. The van der Waals surface area contributed by atoms with Crippen molar-refractivity contribution in [1.82, 2.24) is 9.80 Å². The number of carbonyl (C=O) groups is 3. The number of nitrogens with zero attached hydrogens (tertiary/aromatic N) is 2. The van der Waals surface area contributed by atoms with Crippen molar-refractivity contribution in [1.29, 1.82) is 0 Å². The lowest BCUT2D eigenvalue weighted by molar-refractivity contribution is -0.168. The summed E-state index contributed by atoms with van der Waals surface area (Å²) in [6.45, 7) is -0.430. The van der Waals surface area contributed by atoms with E-state index in [4.69, 9.17) is 5.11 Å². The molecule has 0 aliphatic carbocycles. The SMILES string of the molecule is CN(C(/C=C/c1ccccc1)C(=O)O)[C@@H]1C(=O)N(CC(=O)O)[C@@H]1c1ccccc1. The number of rotatable bonds is 8. The first-order chi connectivity index (χ1) is 13.9. The van der Waals surface area contributed by atoms with E-state index >= 15 is 0 Å². The fraction of sp³-hybridized carbons (Fsp3) is 0.227. The summed E-state index contributed by atoms with van der Waals surface area (Å²) >= 11 is 0. The van der Waals surface area contributed by atoms with Gasteiger partial charge in [0.2, 0.25) is 5.91 Å². The molecule has 150 valence electrons. The fourth-order valence-electron chi connectivity index (χ4n) is 3.59. The second-order valence-electron chi connectivity index (χ2n) is 6.88. The molecule has 0 saturated carbocycles. The highest BCUT2D eigenvalue weighted by Crippen LogP contribution is 2.38. The van der Waals surface area contributed by atoms with E-state index in [2.05, 4.69) is 0 Å². The molecular weight excluding hydrogens is 372 g/mol. The van der Waals surface area contributed by atoms with Crippen molar-refractivity contribution in [2.75, 3.05) is 13.6 Å². The standard InChI is InChI=1S/C22H22N2O5/c1-23(17(22(28)29)13-12-15-8-4-2-5-9-15)20-19(16-10-6-3-7-11-16)24(21(20)27)14-18(25)26/h2-13,17,19-20H,14H2,1H3,(H,25,26)(H,28,29)/b13-12+/t17?,19-,20+/m1/s1. The van der Waals surface area contributed by atoms with Crippen LogP contribution in [-0.2, 0) is 14.4 Å². The largest absolute Gasteiger partial charge is 0.480 e. The van der Waals surface area contributed by atoms with E-state index in [9.17, 15) is 19.5 Å². The minimum atomic E-state index is -1.11. The third-order valence-corrected chi connectivity index (χ3v) is 5.02. The van der Waals surface area contributed by atoms with Crippen LogP contribution in [0.2, 0.25) is 0 Å². The summed E-state index contributed by atoms with van der Waals surface area (Å²) in [5.74, 6) is -2.60. The molecule has 1 saturated heterocycles. The van der Waals surface area contributed by atoms with E-state index < -0.39 is 42.5 Å². The molecule has 3 atom stereocenters. The predicted octanol–water partition coefficient (Wildman–Crippen LogP) is 2.12. The number of hydrogen-bond acceptors (Lipinski definition) is 4. The van der Waals surface area contributed by atoms with Crippen LogP contribution >= 0.6 is 0 Å². The molecular formula is C22H22N2O5. The zero-order chi connectivity index (χ0) is 21.0. The third-order valence-electron chi connectivity index (χ3n) is 5.02. The summed E-state index contributed by atoms with van der Waals surface area (Å²) in [5, 5.41) is 18.9. The molecule has 2 N–H and O–H groups in total. The second-order valence-corrected chi connectivity index (χ2v) is 6.88. The van der Waals surface area contributed by atoms with Crippen molar-refractivity contribution in [2.45, 2.75) is 18.1 Å². The molecule has 0 bridgehead atoms. The van der Waals surface area contributed by atoms with Crippen molar-refractivity contribution in [3.8, 4) is 0 Å². The van der Waals surface area contributed by atoms with Crippen LogP contribution in [0.15, 0.2) is 66.7 Å². The summed E-state index contributed by atoms with van der Waals surface area (Å²) in [7, 11) is 1.57. The zero-order valence-corrected chi connectivity index (χ0v) is 15.9. The lowest BCUT2D eigenvalue weighted by Gasteiger charge is -2.51. The van der Waals surface area contributed by atoms with Crippen LogP contribution in [-0.4, -0.2) is 63.5 Å². The van der Waals surface area contributed by atoms with E-state index in [0.717, 1.165) is 11.1 Å². The molecule has 0 spiro atoms. The fourth-order valence-corrected chi connectivity index (χ4v) is 3.59. The van der Waals surface area contributed by atoms with Crippen LogP contribution in [0.1, 0.15) is 17.2 Å². The number of amides is 1. The summed E-state index contributed by atoms with van der Waals surface area (Å²) in [6.07, 6.45) is 3.23. The molecule has 7 nitrogen and oxygen atoms in total. The maximum Gasteiger partial charge on any atom is 0.324 e. The number of likely N-dealkylation sites (tertiary alicyclic amines) is 1. The van der Waals surface area contributed by atoms with Gasteiger partial charge in [-0.1, -0.05) is 72.8 Å². The number of likely N-dealkylation sites (N-methyl/N-ethyl adjacent to an activating group) is 1. The molecule has 0 radical (unpaired) electrons. The first kappa shape index (κ1) is 20.3. The molecule has 1 aliphatic rings. The highest BCUT2D eigenvalue weighted by molar-refractivity contribution is 5.93. The molecule has 7 heteroatoms. The number of benzene rings is 2. The van der Waals surface area contributed by atoms with Gasteiger partial charge in [0.15, 0.2) is 0 Å². The van der Waals surface area contributed by atoms with Crippen LogP contribution in [0.25, 0.3) is 6.08 Å². The normalized spacial score (nSPS) is 19.9. The molecule has 2 aromatic carbocycles. The van der Waals surface area contributed by atoms with E-state index in [-0.39, 0.29) is 0 Å². The van der Waals surface area contributed by atoms with Crippen molar-refractivity contribution in [3.05, 3.63) is 77.9 Å². The minimum absolute atomic E-state index is 0.400. The number of aliphatic carboxylic acids is 2. The van der Waals surface area contributed by atoms with Gasteiger partial charge in [-0.25, -0.2) is 0 Å². The monoisotopic (exact) mass is 394 g/mol. The van der Waals surface area contributed by atoms with Gasteiger partial charge in [-0.2, -0.15) is 0 Å². The van der Waals surface area contributed by atoms with Gasteiger partial charge in [0.1, 0.15) is 18.6 Å². The third kappa shape index (κ3) is 4.35. The first-order valence-corrected chi connectivity index (χ1v) is 9.15. The topological polar surface area (TPSA) is 98.2 Å². The average molecular weight is 394 g/mol. The van der Waals surface area contributed by atoms with Crippen molar-refractivity contribution in [3.63, 3.8) is 0 Å². The van der Waals surface area contributed by atoms with E-state index in [1.165, 1.54) is 15.9 Å². The van der Waals surface area contributed by atoms with Crippen LogP contribution in [0.5, 0.6) is 0 Å². The van der Waals surface area contributed by atoms with Gasteiger partial charge in [-0.05, 0) is 18.2 Å². The average Bonchev–Trinajstić information content (AvgIpc) is 2.71. The summed E-state index contributed by atoms with van der Waals surface area (Å²) in [5.41, 5.74) is 1.61.